The van der Waals surface area contributed by atoms with E-state index in [1.54, 1.807) is 24.3 Å². The summed E-state index contributed by atoms with van der Waals surface area (Å²) in [5.41, 5.74) is 13.8. The lowest BCUT2D eigenvalue weighted by molar-refractivity contribution is 0.0166. The third-order valence-corrected chi connectivity index (χ3v) is 5.63. The van der Waals surface area contributed by atoms with Gasteiger partial charge in [-0.05, 0) is 37.1 Å². The molecule has 160 valence electrons. The maximum Gasteiger partial charge on any atom is 0.340 e. The van der Waals surface area contributed by atoms with Gasteiger partial charge in [-0.15, -0.1) is 0 Å². The molecule has 0 radical (unpaired) electrons. The van der Waals surface area contributed by atoms with Gasteiger partial charge < -0.3 is 20.9 Å². The monoisotopic (exact) mass is 412 g/mol. The zero-order chi connectivity index (χ0) is 22.0. The molecular formula is C22H28N4O4. The summed E-state index contributed by atoms with van der Waals surface area (Å²) in [7, 11) is 0. The molecule has 2 aromatic rings. The minimum Gasteiger partial charge on any atom is -0.458 e. The summed E-state index contributed by atoms with van der Waals surface area (Å²) in [5, 5.41) is 0. The predicted molar refractivity (Wildman–Crippen MR) is 113 cm³/mol. The number of ether oxygens (including phenoxy) is 2. The van der Waals surface area contributed by atoms with Crippen molar-refractivity contribution >= 4 is 23.6 Å². The maximum absolute atomic E-state index is 11.6. The van der Waals surface area contributed by atoms with Crippen LogP contribution in [0.1, 0.15) is 84.5 Å². The average Bonchev–Trinajstić information content (AvgIpc) is 2.73. The van der Waals surface area contributed by atoms with Crippen LogP contribution in [0.25, 0.3) is 0 Å². The molecule has 2 aliphatic rings. The number of pyridine rings is 2. The van der Waals surface area contributed by atoms with Crippen LogP contribution >= 0.6 is 0 Å². The molecule has 0 spiro atoms. The quantitative estimate of drug-likeness (QED) is 0.717. The SMILES string of the molecule is CC[C@@H]1OC(=O)c2ccc(N)nc2[C@H]1C.CC[C@H]1OC(=O)c2ccc(N)nc2[C@@H]1C. The van der Waals surface area contributed by atoms with Crippen LogP contribution in [0, 0.1) is 0 Å². The Morgan fingerprint density at radius 1 is 0.767 bits per heavy atom. The molecule has 2 aromatic heterocycles. The van der Waals surface area contributed by atoms with E-state index < -0.39 is 0 Å². The van der Waals surface area contributed by atoms with E-state index in [1.807, 2.05) is 27.7 Å². The lowest BCUT2D eigenvalue weighted by Crippen LogP contribution is -2.31. The van der Waals surface area contributed by atoms with Gasteiger partial charge in [0.25, 0.3) is 0 Å². The summed E-state index contributed by atoms with van der Waals surface area (Å²) in [4.78, 5) is 31.7. The molecule has 4 N–H and O–H groups in total. The first-order chi connectivity index (χ1) is 14.3. The van der Waals surface area contributed by atoms with Crippen LogP contribution < -0.4 is 11.5 Å². The van der Waals surface area contributed by atoms with Crippen molar-refractivity contribution in [3.8, 4) is 0 Å². The minimum absolute atomic E-state index is 0.0840. The summed E-state index contributed by atoms with van der Waals surface area (Å²) < 4.78 is 10.6. The van der Waals surface area contributed by atoms with Gasteiger partial charge in [0.2, 0.25) is 0 Å². The number of anilines is 2. The highest BCUT2D eigenvalue weighted by Crippen LogP contribution is 2.32. The number of esters is 2. The largest absolute Gasteiger partial charge is 0.458 e. The molecule has 0 aromatic carbocycles. The summed E-state index contributed by atoms with van der Waals surface area (Å²) in [6.07, 6.45) is 1.42. The van der Waals surface area contributed by atoms with Crippen molar-refractivity contribution in [2.24, 2.45) is 0 Å². The number of hydrogen-bond donors (Lipinski definition) is 2. The fourth-order valence-electron chi connectivity index (χ4n) is 3.85. The first-order valence-electron chi connectivity index (χ1n) is 10.2. The van der Waals surface area contributed by atoms with Crippen molar-refractivity contribution in [2.75, 3.05) is 11.5 Å². The number of nitrogen functional groups attached to an aromatic ring is 2. The van der Waals surface area contributed by atoms with Gasteiger partial charge in [0.05, 0.1) is 22.5 Å². The van der Waals surface area contributed by atoms with Gasteiger partial charge in [-0.25, -0.2) is 19.6 Å². The Kier molecular flexibility index (Phi) is 6.24. The van der Waals surface area contributed by atoms with Crippen LogP contribution in [-0.2, 0) is 9.47 Å². The Labute approximate surface area is 176 Å². The van der Waals surface area contributed by atoms with E-state index >= 15 is 0 Å². The highest BCUT2D eigenvalue weighted by Gasteiger charge is 2.33. The van der Waals surface area contributed by atoms with Gasteiger partial charge in [-0.3, -0.25) is 0 Å². The molecule has 0 unspecified atom stereocenters. The summed E-state index contributed by atoms with van der Waals surface area (Å²) in [6.45, 7) is 8.00. The second kappa shape index (κ2) is 8.69. The van der Waals surface area contributed by atoms with Crippen molar-refractivity contribution < 1.29 is 19.1 Å². The Balaban J connectivity index is 0.000000171. The summed E-state index contributed by atoms with van der Waals surface area (Å²) in [6, 6.07) is 6.61. The molecule has 30 heavy (non-hydrogen) atoms. The van der Waals surface area contributed by atoms with Crippen LogP contribution in [0.5, 0.6) is 0 Å². The van der Waals surface area contributed by atoms with Crippen molar-refractivity contribution in [2.45, 2.75) is 64.6 Å². The molecule has 0 bridgehead atoms. The molecule has 2 aliphatic heterocycles. The molecule has 4 heterocycles. The molecule has 0 aliphatic carbocycles. The van der Waals surface area contributed by atoms with E-state index in [0.29, 0.717) is 22.8 Å². The Morgan fingerprint density at radius 2 is 1.13 bits per heavy atom. The standard InChI is InChI=1S/2C11H14N2O2/c2*1-3-8-6(2)10-7(11(14)15-8)4-5-9(12)13-10/h2*4-6,8H,3H2,1-2H3,(H2,12,13)/t2*6-,8-/m10/s1. The zero-order valence-electron chi connectivity index (χ0n) is 17.7. The van der Waals surface area contributed by atoms with Gasteiger partial charge >= 0.3 is 11.9 Å². The topological polar surface area (TPSA) is 130 Å². The minimum atomic E-state index is -0.289. The smallest absolute Gasteiger partial charge is 0.340 e. The van der Waals surface area contributed by atoms with Gasteiger partial charge in [-0.1, -0.05) is 27.7 Å². The number of carbonyl (C=O) groups excluding carboxylic acids is 2. The first-order valence-corrected chi connectivity index (χ1v) is 10.2. The van der Waals surface area contributed by atoms with Gasteiger partial charge in [0.1, 0.15) is 23.8 Å². The number of cyclic esters (lactones) is 2. The van der Waals surface area contributed by atoms with Crippen LogP contribution in [0.4, 0.5) is 11.6 Å². The molecular weight excluding hydrogens is 384 g/mol. The van der Waals surface area contributed by atoms with Crippen molar-refractivity contribution in [1.82, 2.24) is 9.97 Å². The van der Waals surface area contributed by atoms with E-state index in [9.17, 15) is 9.59 Å². The number of nitrogens with zero attached hydrogens (tertiary/aromatic N) is 2. The molecule has 4 atom stereocenters. The number of rotatable bonds is 2. The predicted octanol–water partition coefficient (Wildman–Crippen LogP) is 3.43. The van der Waals surface area contributed by atoms with Crippen LogP contribution in [0.15, 0.2) is 24.3 Å². The Bertz CT molecular complexity index is 885. The fourth-order valence-corrected chi connectivity index (χ4v) is 3.85. The summed E-state index contributed by atoms with van der Waals surface area (Å²) >= 11 is 0. The van der Waals surface area contributed by atoms with Crippen molar-refractivity contribution in [1.29, 1.82) is 0 Å². The molecule has 8 heteroatoms. The van der Waals surface area contributed by atoms with Gasteiger partial charge in [-0.2, -0.15) is 0 Å². The average molecular weight is 412 g/mol. The van der Waals surface area contributed by atoms with E-state index in [2.05, 4.69) is 9.97 Å². The fraction of sp³-hybridized carbons (Fsp3) is 0.455. The number of aromatic nitrogens is 2. The molecule has 0 amide bonds. The van der Waals surface area contributed by atoms with Crippen LogP contribution in [-0.4, -0.2) is 34.1 Å². The first kappa shape index (κ1) is 21.5. The third kappa shape index (κ3) is 4.08. The van der Waals surface area contributed by atoms with E-state index in [4.69, 9.17) is 20.9 Å². The molecule has 8 nitrogen and oxygen atoms in total. The zero-order valence-corrected chi connectivity index (χ0v) is 17.7. The van der Waals surface area contributed by atoms with E-state index in [1.165, 1.54) is 0 Å². The second-order valence-electron chi connectivity index (χ2n) is 7.62. The van der Waals surface area contributed by atoms with Gasteiger partial charge in [0.15, 0.2) is 0 Å². The Hall–Kier alpha value is -3.16. The third-order valence-electron chi connectivity index (χ3n) is 5.63. The molecule has 4 rings (SSSR count). The van der Waals surface area contributed by atoms with Gasteiger partial charge in [0, 0.05) is 11.8 Å². The maximum atomic E-state index is 11.6. The number of carbonyl (C=O) groups is 2. The molecule has 0 saturated heterocycles. The molecule has 0 fully saturated rings. The van der Waals surface area contributed by atoms with E-state index in [0.717, 1.165) is 24.2 Å². The number of fused-ring (bicyclic) bond motifs is 2. The second-order valence-corrected chi connectivity index (χ2v) is 7.62. The Morgan fingerprint density at radius 3 is 1.47 bits per heavy atom. The number of hydrogen-bond acceptors (Lipinski definition) is 8. The van der Waals surface area contributed by atoms with Crippen LogP contribution in [0.3, 0.4) is 0 Å². The molecule has 0 saturated carbocycles. The highest BCUT2D eigenvalue weighted by atomic mass is 16.5. The van der Waals surface area contributed by atoms with Crippen LogP contribution in [0.2, 0.25) is 0 Å². The number of nitrogens with two attached hydrogens (primary N) is 2. The van der Waals surface area contributed by atoms with E-state index in [-0.39, 0.29) is 36.0 Å². The normalized spacial score (nSPS) is 24.5. The lowest BCUT2D eigenvalue weighted by atomic mass is 9.92. The highest BCUT2D eigenvalue weighted by molar-refractivity contribution is 5.92. The summed E-state index contributed by atoms with van der Waals surface area (Å²) in [5.74, 6) is 0.553. The van der Waals surface area contributed by atoms with Crippen molar-refractivity contribution in [3.63, 3.8) is 0 Å². The lowest BCUT2D eigenvalue weighted by Gasteiger charge is -2.29. The van der Waals surface area contributed by atoms with Crippen molar-refractivity contribution in [3.05, 3.63) is 46.8 Å².